The van der Waals surface area contributed by atoms with Crippen molar-refractivity contribution < 1.29 is 18.8 Å². The van der Waals surface area contributed by atoms with Crippen LogP contribution in [0.4, 0.5) is 15.8 Å². The zero-order valence-electron chi connectivity index (χ0n) is 14.8. The van der Waals surface area contributed by atoms with Gasteiger partial charge in [-0.3, -0.25) is 14.4 Å². The van der Waals surface area contributed by atoms with E-state index < -0.39 is 5.25 Å². The molecule has 1 fully saturated rings. The number of rotatable bonds is 6. The van der Waals surface area contributed by atoms with Gasteiger partial charge in [0.2, 0.25) is 17.7 Å². The van der Waals surface area contributed by atoms with Gasteiger partial charge in [-0.1, -0.05) is 25.1 Å². The Hall–Kier alpha value is -2.67. The first-order chi connectivity index (χ1) is 13.0. The maximum atomic E-state index is 12.9. The summed E-state index contributed by atoms with van der Waals surface area (Å²) >= 11 is 1.14. The number of nitrogens with zero attached hydrogens (tertiary/aromatic N) is 1. The standard InChI is InChI=1S/C20H19FN2O3S/c1-2-13-5-3-4-6-16(13)23-19(25)11-17(20(23)26)27-12-18(24)22-15-9-7-14(21)8-10-15/h3-10,17H,2,11-12H2,1H3,(H,22,24)/t17-/m0/s1. The van der Waals surface area contributed by atoms with Crippen LogP contribution < -0.4 is 10.2 Å². The van der Waals surface area contributed by atoms with E-state index in [4.69, 9.17) is 0 Å². The molecule has 0 unspecified atom stereocenters. The Morgan fingerprint density at radius 2 is 1.89 bits per heavy atom. The number of aryl methyl sites for hydroxylation is 1. The Morgan fingerprint density at radius 1 is 1.19 bits per heavy atom. The molecular formula is C20H19FN2O3S. The average molecular weight is 386 g/mol. The summed E-state index contributed by atoms with van der Waals surface area (Å²) in [5.41, 5.74) is 2.03. The number of hydrogen-bond donors (Lipinski definition) is 1. The average Bonchev–Trinajstić information content (AvgIpc) is 2.95. The van der Waals surface area contributed by atoms with Gasteiger partial charge in [0.1, 0.15) is 5.82 Å². The van der Waals surface area contributed by atoms with E-state index in [1.54, 1.807) is 12.1 Å². The number of hydrogen-bond acceptors (Lipinski definition) is 4. The van der Waals surface area contributed by atoms with Gasteiger partial charge in [0.15, 0.2) is 0 Å². The molecule has 1 saturated heterocycles. The number of thioether (sulfide) groups is 1. The topological polar surface area (TPSA) is 66.5 Å². The van der Waals surface area contributed by atoms with Crippen molar-refractivity contribution in [3.8, 4) is 0 Å². The summed E-state index contributed by atoms with van der Waals surface area (Å²) in [5.74, 6) is -1.20. The molecule has 140 valence electrons. The molecule has 3 amide bonds. The summed E-state index contributed by atoms with van der Waals surface area (Å²) in [6.45, 7) is 1.97. The van der Waals surface area contributed by atoms with Crippen LogP contribution >= 0.6 is 11.8 Å². The van der Waals surface area contributed by atoms with E-state index in [2.05, 4.69) is 5.32 Å². The molecule has 2 aromatic carbocycles. The molecule has 0 radical (unpaired) electrons. The van der Waals surface area contributed by atoms with Crippen molar-refractivity contribution in [3.63, 3.8) is 0 Å². The van der Waals surface area contributed by atoms with Crippen molar-refractivity contribution >= 4 is 40.9 Å². The van der Waals surface area contributed by atoms with E-state index in [-0.39, 0.29) is 35.7 Å². The molecule has 3 rings (SSSR count). The minimum Gasteiger partial charge on any atom is -0.325 e. The quantitative estimate of drug-likeness (QED) is 0.773. The number of carbonyl (C=O) groups is 3. The van der Waals surface area contributed by atoms with Crippen molar-refractivity contribution in [2.45, 2.75) is 25.0 Å². The van der Waals surface area contributed by atoms with Crippen LogP contribution in [0.5, 0.6) is 0 Å². The third-order valence-electron chi connectivity index (χ3n) is 4.26. The van der Waals surface area contributed by atoms with E-state index in [0.717, 1.165) is 17.3 Å². The highest BCUT2D eigenvalue weighted by Crippen LogP contribution is 2.31. The molecule has 2 aromatic rings. The van der Waals surface area contributed by atoms with Gasteiger partial charge in [-0.25, -0.2) is 9.29 Å². The molecule has 1 atom stereocenters. The van der Waals surface area contributed by atoms with E-state index in [0.29, 0.717) is 17.8 Å². The highest BCUT2D eigenvalue weighted by Gasteiger charge is 2.40. The van der Waals surface area contributed by atoms with Crippen molar-refractivity contribution in [3.05, 3.63) is 59.9 Å². The van der Waals surface area contributed by atoms with Crippen LogP contribution in [-0.4, -0.2) is 28.7 Å². The number of carbonyl (C=O) groups excluding carboxylic acids is 3. The van der Waals surface area contributed by atoms with Gasteiger partial charge in [-0.05, 0) is 42.3 Å². The lowest BCUT2D eigenvalue weighted by Crippen LogP contribution is -2.32. The van der Waals surface area contributed by atoms with E-state index >= 15 is 0 Å². The fourth-order valence-electron chi connectivity index (χ4n) is 2.92. The molecule has 1 aliphatic heterocycles. The first kappa shape index (κ1) is 19.1. The fourth-order valence-corrected chi connectivity index (χ4v) is 3.86. The number of amides is 3. The van der Waals surface area contributed by atoms with Crippen LogP contribution in [-0.2, 0) is 20.8 Å². The Kier molecular flexibility index (Phi) is 5.91. The molecule has 5 nitrogen and oxygen atoms in total. The summed E-state index contributed by atoms with van der Waals surface area (Å²) in [6, 6.07) is 12.8. The van der Waals surface area contributed by atoms with E-state index in [1.807, 2.05) is 19.1 Å². The lowest BCUT2D eigenvalue weighted by Gasteiger charge is -2.18. The molecule has 0 saturated carbocycles. The summed E-state index contributed by atoms with van der Waals surface area (Å²) < 4.78 is 12.9. The van der Waals surface area contributed by atoms with Crippen molar-refractivity contribution in [2.24, 2.45) is 0 Å². The summed E-state index contributed by atoms with van der Waals surface area (Å²) in [4.78, 5) is 38.4. The molecule has 0 aliphatic carbocycles. The zero-order valence-corrected chi connectivity index (χ0v) is 15.6. The second-order valence-corrected chi connectivity index (χ2v) is 7.30. The summed E-state index contributed by atoms with van der Waals surface area (Å²) in [6.07, 6.45) is 0.788. The lowest BCUT2D eigenvalue weighted by atomic mass is 10.1. The van der Waals surface area contributed by atoms with Crippen LogP contribution in [0.3, 0.4) is 0 Å². The normalized spacial score (nSPS) is 16.7. The van der Waals surface area contributed by atoms with Gasteiger partial charge < -0.3 is 5.32 Å². The van der Waals surface area contributed by atoms with Crippen LogP contribution in [0.15, 0.2) is 48.5 Å². The Balaban J connectivity index is 1.61. The van der Waals surface area contributed by atoms with Gasteiger partial charge in [0.25, 0.3) is 0 Å². The maximum absolute atomic E-state index is 12.9. The van der Waals surface area contributed by atoms with Gasteiger partial charge in [0.05, 0.1) is 16.7 Å². The smallest absolute Gasteiger partial charge is 0.247 e. The van der Waals surface area contributed by atoms with Crippen LogP contribution in [0.25, 0.3) is 0 Å². The van der Waals surface area contributed by atoms with E-state index in [9.17, 15) is 18.8 Å². The Labute approximate surface area is 160 Å². The van der Waals surface area contributed by atoms with Crippen molar-refractivity contribution in [2.75, 3.05) is 16.0 Å². The minimum absolute atomic E-state index is 0.0321. The third-order valence-corrected chi connectivity index (χ3v) is 5.46. The number of halogens is 1. The molecule has 27 heavy (non-hydrogen) atoms. The SMILES string of the molecule is CCc1ccccc1N1C(=O)C[C@H](SCC(=O)Nc2ccc(F)cc2)C1=O. The number of anilines is 2. The van der Waals surface area contributed by atoms with Crippen LogP contribution in [0.1, 0.15) is 18.9 Å². The lowest BCUT2D eigenvalue weighted by molar-refractivity contribution is -0.121. The van der Waals surface area contributed by atoms with Gasteiger partial charge in [0, 0.05) is 12.1 Å². The zero-order chi connectivity index (χ0) is 19.4. The first-order valence-corrected chi connectivity index (χ1v) is 9.66. The Morgan fingerprint density at radius 3 is 2.59 bits per heavy atom. The molecular weight excluding hydrogens is 367 g/mol. The summed E-state index contributed by atoms with van der Waals surface area (Å²) in [7, 11) is 0. The fraction of sp³-hybridized carbons (Fsp3) is 0.250. The molecule has 0 aromatic heterocycles. The molecule has 1 N–H and O–H groups in total. The largest absolute Gasteiger partial charge is 0.325 e. The predicted molar refractivity (Wildman–Crippen MR) is 104 cm³/mol. The second-order valence-electron chi connectivity index (χ2n) is 6.11. The predicted octanol–water partition coefficient (Wildman–Crippen LogP) is 3.39. The van der Waals surface area contributed by atoms with Crippen molar-refractivity contribution in [1.82, 2.24) is 0 Å². The number of nitrogens with one attached hydrogen (secondary N) is 1. The van der Waals surface area contributed by atoms with Gasteiger partial charge >= 0.3 is 0 Å². The highest BCUT2D eigenvalue weighted by atomic mass is 32.2. The van der Waals surface area contributed by atoms with Crippen molar-refractivity contribution in [1.29, 1.82) is 0 Å². The molecule has 1 aliphatic rings. The van der Waals surface area contributed by atoms with Gasteiger partial charge in [-0.15, -0.1) is 11.8 Å². The summed E-state index contributed by atoms with van der Waals surface area (Å²) in [5, 5.41) is 2.06. The molecule has 1 heterocycles. The first-order valence-electron chi connectivity index (χ1n) is 8.61. The number of para-hydroxylation sites is 1. The van der Waals surface area contributed by atoms with Crippen LogP contribution in [0, 0.1) is 5.82 Å². The highest BCUT2D eigenvalue weighted by molar-refractivity contribution is 8.01. The Bertz CT molecular complexity index is 870. The molecule has 7 heteroatoms. The third kappa shape index (κ3) is 4.36. The number of benzene rings is 2. The number of imide groups is 1. The molecule has 0 spiro atoms. The maximum Gasteiger partial charge on any atom is 0.247 e. The molecule has 0 bridgehead atoms. The van der Waals surface area contributed by atoms with Gasteiger partial charge in [-0.2, -0.15) is 0 Å². The van der Waals surface area contributed by atoms with E-state index in [1.165, 1.54) is 29.2 Å². The minimum atomic E-state index is -0.582. The second kappa shape index (κ2) is 8.35. The monoisotopic (exact) mass is 386 g/mol. The van der Waals surface area contributed by atoms with Crippen LogP contribution in [0.2, 0.25) is 0 Å².